The summed E-state index contributed by atoms with van der Waals surface area (Å²) in [7, 11) is 4.57. The van der Waals surface area contributed by atoms with Crippen LogP contribution in [0.4, 0.5) is 5.82 Å². The molecule has 1 aliphatic rings. The molecule has 9 heteroatoms. The molecule has 36 heavy (non-hydrogen) atoms. The molecule has 1 saturated heterocycles. The topological polar surface area (TPSA) is 86.1 Å². The van der Waals surface area contributed by atoms with Crippen LogP contribution in [0.3, 0.4) is 0 Å². The lowest BCUT2D eigenvalue weighted by atomic mass is 10.0. The molecule has 4 rings (SSSR count). The largest absolute Gasteiger partial charge is 0.493 e. The van der Waals surface area contributed by atoms with E-state index in [2.05, 4.69) is 23.8 Å². The van der Waals surface area contributed by atoms with Gasteiger partial charge in [-0.05, 0) is 41.8 Å². The molecule has 190 valence electrons. The van der Waals surface area contributed by atoms with E-state index in [0.717, 1.165) is 5.69 Å². The summed E-state index contributed by atoms with van der Waals surface area (Å²) in [4.78, 5) is 29.6. The van der Waals surface area contributed by atoms with Crippen molar-refractivity contribution in [2.24, 2.45) is 0 Å². The molecule has 0 spiro atoms. The first-order valence-corrected chi connectivity index (χ1v) is 11.9. The second kappa shape index (κ2) is 10.7. The van der Waals surface area contributed by atoms with E-state index in [1.807, 2.05) is 24.3 Å². The van der Waals surface area contributed by atoms with Gasteiger partial charge in [0.1, 0.15) is 5.82 Å². The minimum absolute atomic E-state index is 0.114. The fourth-order valence-electron chi connectivity index (χ4n) is 4.28. The number of amides is 1. The number of anilines is 1. The van der Waals surface area contributed by atoms with Crippen molar-refractivity contribution >= 4 is 11.7 Å². The lowest BCUT2D eigenvalue weighted by Crippen LogP contribution is -2.49. The maximum absolute atomic E-state index is 13.2. The molecule has 2 heterocycles. The maximum atomic E-state index is 13.2. The van der Waals surface area contributed by atoms with Gasteiger partial charge in [-0.2, -0.15) is 4.68 Å². The Morgan fingerprint density at radius 3 is 2.00 bits per heavy atom. The van der Waals surface area contributed by atoms with Crippen molar-refractivity contribution < 1.29 is 19.0 Å². The van der Waals surface area contributed by atoms with Crippen LogP contribution in [0.1, 0.15) is 35.7 Å². The van der Waals surface area contributed by atoms with E-state index in [1.54, 1.807) is 23.1 Å². The van der Waals surface area contributed by atoms with Crippen LogP contribution in [-0.4, -0.2) is 68.1 Å². The second-order valence-corrected chi connectivity index (χ2v) is 8.88. The highest BCUT2D eigenvalue weighted by Crippen LogP contribution is 2.38. The Bertz CT molecular complexity index is 1250. The summed E-state index contributed by atoms with van der Waals surface area (Å²) >= 11 is 0. The first-order valence-electron chi connectivity index (χ1n) is 11.9. The smallest absolute Gasteiger partial charge is 0.271 e. The molecule has 1 aromatic heterocycles. The van der Waals surface area contributed by atoms with Crippen LogP contribution in [-0.2, 0) is 0 Å². The van der Waals surface area contributed by atoms with Crippen molar-refractivity contribution in [3.05, 3.63) is 70.0 Å². The molecule has 1 fully saturated rings. The number of benzene rings is 2. The summed E-state index contributed by atoms with van der Waals surface area (Å²) in [6.07, 6.45) is 0. The molecule has 0 bridgehead atoms. The SMILES string of the molecule is COc1cc(C(=O)N2CCN(c3ccc(=O)n(-c4ccc(C(C)C)cc4)n3)CC2)cc(OC)c1OC. The number of piperazine rings is 1. The summed E-state index contributed by atoms with van der Waals surface area (Å²) < 4.78 is 17.6. The van der Waals surface area contributed by atoms with E-state index in [0.29, 0.717) is 60.7 Å². The highest BCUT2D eigenvalue weighted by Gasteiger charge is 2.25. The summed E-state index contributed by atoms with van der Waals surface area (Å²) in [5.41, 5.74) is 2.21. The van der Waals surface area contributed by atoms with Crippen molar-refractivity contribution in [2.45, 2.75) is 19.8 Å². The third-order valence-corrected chi connectivity index (χ3v) is 6.39. The molecule has 0 unspecified atom stereocenters. The van der Waals surface area contributed by atoms with Gasteiger partial charge in [-0.3, -0.25) is 9.59 Å². The van der Waals surface area contributed by atoms with Gasteiger partial charge in [0.2, 0.25) is 5.75 Å². The minimum Gasteiger partial charge on any atom is -0.493 e. The molecule has 1 amide bonds. The van der Waals surface area contributed by atoms with Crippen molar-refractivity contribution in [3.63, 3.8) is 0 Å². The number of hydrogen-bond acceptors (Lipinski definition) is 7. The van der Waals surface area contributed by atoms with Crippen LogP contribution < -0.4 is 24.7 Å². The minimum atomic E-state index is -0.188. The van der Waals surface area contributed by atoms with Crippen molar-refractivity contribution in [1.82, 2.24) is 14.7 Å². The van der Waals surface area contributed by atoms with E-state index >= 15 is 0 Å². The lowest BCUT2D eigenvalue weighted by molar-refractivity contribution is 0.0745. The average molecular weight is 493 g/mol. The molecule has 0 saturated carbocycles. The number of carbonyl (C=O) groups is 1. The normalized spacial score (nSPS) is 13.6. The fraction of sp³-hybridized carbons (Fsp3) is 0.370. The van der Waals surface area contributed by atoms with Crippen LogP contribution in [0.5, 0.6) is 17.2 Å². The predicted octanol–water partition coefficient (Wildman–Crippen LogP) is 3.34. The standard InChI is InChI=1S/C27H32N4O5/c1-18(2)19-6-8-21(9-7-19)31-25(32)11-10-24(28-31)29-12-14-30(15-13-29)27(33)20-16-22(34-3)26(36-5)23(17-20)35-4/h6-11,16-18H,12-15H2,1-5H3. The lowest BCUT2D eigenvalue weighted by Gasteiger charge is -2.35. The Morgan fingerprint density at radius 1 is 0.861 bits per heavy atom. The summed E-state index contributed by atoms with van der Waals surface area (Å²) in [5, 5.41) is 4.61. The van der Waals surface area contributed by atoms with Gasteiger partial charge in [-0.25, -0.2) is 0 Å². The maximum Gasteiger partial charge on any atom is 0.271 e. The number of methoxy groups -OCH3 is 3. The van der Waals surface area contributed by atoms with Crippen LogP contribution in [0.2, 0.25) is 0 Å². The van der Waals surface area contributed by atoms with E-state index in [9.17, 15) is 9.59 Å². The zero-order chi connectivity index (χ0) is 25.8. The molecule has 1 aliphatic heterocycles. The quantitative estimate of drug-likeness (QED) is 0.500. The van der Waals surface area contributed by atoms with Crippen molar-refractivity contribution in [3.8, 4) is 22.9 Å². The Labute approximate surface area is 210 Å². The van der Waals surface area contributed by atoms with Crippen molar-refractivity contribution in [1.29, 1.82) is 0 Å². The number of nitrogens with zero attached hydrogens (tertiary/aromatic N) is 4. The van der Waals surface area contributed by atoms with Gasteiger partial charge >= 0.3 is 0 Å². The zero-order valence-corrected chi connectivity index (χ0v) is 21.4. The predicted molar refractivity (Wildman–Crippen MR) is 138 cm³/mol. The van der Waals surface area contributed by atoms with Gasteiger partial charge in [0, 0.05) is 37.8 Å². The zero-order valence-electron chi connectivity index (χ0n) is 21.4. The number of ether oxygens (including phenoxy) is 3. The van der Waals surface area contributed by atoms with Crippen LogP contribution in [0.25, 0.3) is 5.69 Å². The first-order chi connectivity index (χ1) is 17.4. The number of carbonyl (C=O) groups excluding carboxylic acids is 1. The summed E-state index contributed by atoms with van der Waals surface area (Å²) in [5.74, 6) is 2.31. The Balaban J connectivity index is 1.49. The molecular formula is C27H32N4O5. The van der Waals surface area contributed by atoms with Crippen LogP contribution in [0.15, 0.2) is 53.3 Å². The summed E-state index contributed by atoms with van der Waals surface area (Å²) in [6, 6.07) is 14.5. The number of rotatable bonds is 7. The van der Waals surface area contributed by atoms with E-state index in [1.165, 1.54) is 37.6 Å². The van der Waals surface area contributed by atoms with Gasteiger partial charge in [0.25, 0.3) is 11.5 Å². The van der Waals surface area contributed by atoms with E-state index in [-0.39, 0.29) is 11.5 Å². The van der Waals surface area contributed by atoms with E-state index < -0.39 is 0 Å². The van der Waals surface area contributed by atoms with Crippen molar-refractivity contribution in [2.75, 3.05) is 52.4 Å². The third kappa shape index (κ3) is 5.00. The molecule has 0 N–H and O–H groups in total. The summed E-state index contributed by atoms with van der Waals surface area (Å²) in [6.45, 7) is 6.47. The van der Waals surface area contributed by atoms with Crippen LogP contribution in [0, 0.1) is 0 Å². The molecule has 9 nitrogen and oxygen atoms in total. The molecular weight excluding hydrogens is 460 g/mol. The molecule has 0 aliphatic carbocycles. The highest BCUT2D eigenvalue weighted by atomic mass is 16.5. The fourth-order valence-corrected chi connectivity index (χ4v) is 4.28. The third-order valence-electron chi connectivity index (χ3n) is 6.39. The highest BCUT2D eigenvalue weighted by molar-refractivity contribution is 5.95. The second-order valence-electron chi connectivity index (χ2n) is 8.88. The molecule has 0 radical (unpaired) electrons. The first kappa shape index (κ1) is 25.1. The Hall–Kier alpha value is -4.01. The van der Waals surface area contributed by atoms with Gasteiger partial charge in [-0.15, -0.1) is 5.10 Å². The van der Waals surface area contributed by atoms with E-state index in [4.69, 9.17) is 14.2 Å². The van der Waals surface area contributed by atoms with Gasteiger partial charge < -0.3 is 24.0 Å². The average Bonchev–Trinajstić information content (AvgIpc) is 2.92. The van der Waals surface area contributed by atoms with Gasteiger partial charge in [-0.1, -0.05) is 26.0 Å². The Kier molecular flexibility index (Phi) is 7.47. The molecule has 3 aromatic rings. The van der Waals surface area contributed by atoms with Gasteiger partial charge in [0.15, 0.2) is 11.5 Å². The monoisotopic (exact) mass is 492 g/mol. The number of aromatic nitrogens is 2. The molecule has 0 atom stereocenters. The van der Waals surface area contributed by atoms with Gasteiger partial charge in [0.05, 0.1) is 27.0 Å². The molecule has 2 aromatic carbocycles. The Morgan fingerprint density at radius 2 is 1.47 bits per heavy atom. The number of hydrogen-bond donors (Lipinski definition) is 0. The van der Waals surface area contributed by atoms with Crippen LogP contribution >= 0.6 is 0 Å².